The van der Waals surface area contributed by atoms with E-state index in [0.29, 0.717) is 0 Å². The van der Waals surface area contributed by atoms with Crippen molar-refractivity contribution in [3.05, 3.63) is 109 Å². The van der Waals surface area contributed by atoms with Crippen LogP contribution in [0.4, 0.5) is 0 Å². The first-order valence-electron chi connectivity index (χ1n) is 11.5. The van der Waals surface area contributed by atoms with Crippen LogP contribution in [0.15, 0.2) is 109 Å². The van der Waals surface area contributed by atoms with Crippen molar-refractivity contribution < 1.29 is 0 Å². The van der Waals surface area contributed by atoms with Gasteiger partial charge in [-0.2, -0.15) is 0 Å². The molecule has 3 aromatic heterocycles. The predicted molar refractivity (Wildman–Crippen MR) is 146 cm³/mol. The van der Waals surface area contributed by atoms with E-state index in [4.69, 9.17) is 4.98 Å². The number of rotatable bonds is 1. The van der Waals surface area contributed by atoms with Crippen molar-refractivity contribution in [1.29, 1.82) is 0 Å². The fraction of sp³-hybridized carbons (Fsp3) is 0. The van der Waals surface area contributed by atoms with Crippen LogP contribution in [0.2, 0.25) is 0 Å². The van der Waals surface area contributed by atoms with E-state index in [2.05, 4.69) is 102 Å². The van der Waals surface area contributed by atoms with Gasteiger partial charge in [0, 0.05) is 37.1 Å². The molecule has 0 aliphatic rings. The molecule has 0 fully saturated rings. The largest absolute Gasteiger partial charge is 0.307 e. The van der Waals surface area contributed by atoms with Gasteiger partial charge >= 0.3 is 0 Å². The Morgan fingerprint density at radius 1 is 0.588 bits per heavy atom. The highest BCUT2D eigenvalue weighted by atomic mass is 32.1. The van der Waals surface area contributed by atoms with Gasteiger partial charge in [0.1, 0.15) is 0 Å². The van der Waals surface area contributed by atoms with Crippen molar-refractivity contribution in [2.24, 2.45) is 0 Å². The highest BCUT2D eigenvalue weighted by molar-refractivity contribution is 7.26. The molecular formula is C31H18N2S. The third-order valence-electron chi connectivity index (χ3n) is 7.02. The zero-order chi connectivity index (χ0) is 22.2. The van der Waals surface area contributed by atoms with E-state index in [1.807, 2.05) is 23.6 Å². The van der Waals surface area contributed by atoms with Crippen LogP contribution >= 0.6 is 11.3 Å². The lowest BCUT2D eigenvalue weighted by Gasteiger charge is -2.14. The van der Waals surface area contributed by atoms with Gasteiger partial charge in [-0.25, -0.2) is 0 Å². The molecule has 0 saturated carbocycles. The minimum Gasteiger partial charge on any atom is -0.307 e. The number of benzene rings is 5. The molecule has 34 heavy (non-hydrogen) atoms. The quantitative estimate of drug-likeness (QED) is 0.228. The first kappa shape index (κ1) is 18.2. The molecule has 0 atom stereocenters. The molecule has 0 spiro atoms. The zero-order valence-corrected chi connectivity index (χ0v) is 19.0. The summed E-state index contributed by atoms with van der Waals surface area (Å²) in [5, 5.41) is 8.92. The summed E-state index contributed by atoms with van der Waals surface area (Å²) < 4.78 is 5.04. The summed E-state index contributed by atoms with van der Waals surface area (Å²) in [6.45, 7) is 0. The summed E-state index contributed by atoms with van der Waals surface area (Å²) in [5.41, 5.74) is 4.60. The zero-order valence-electron chi connectivity index (χ0n) is 18.2. The Labute approximate surface area is 199 Å². The normalized spacial score (nSPS) is 12.1. The standard InChI is InChI=1S/C31H18N2S/c1-2-9-20-19(8-1)18-27(22-11-4-3-10-21(20)22)33-25-16-15-24-23-12-5-6-14-28(23)34-31(24)29(25)30-26(33)13-7-17-32-30/h1-18H. The number of nitrogens with zero attached hydrogens (tertiary/aromatic N) is 2. The molecule has 5 aromatic carbocycles. The van der Waals surface area contributed by atoms with E-state index in [0.717, 1.165) is 11.0 Å². The van der Waals surface area contributed by atoms with E-state index in [9.17, 15) is 0 Å². The van der Waals surface area contributed by atoms with Crippen molar-refractivity contribution in [3.63, 3.8) is 0 Å². The lowest BCUT2D eigenvalue weighted by Crippen LogP contribution is -1.96. The molecule has 8 rings (SSSR count). The number of hydrogen-bond donors (Lipinski definition) is 0. The van der Waals surface area contributed by atoms with E-state index in [1.165, 1.54) is 58.3 Å². The molecule has 0 radical (unpaired) electrons. The number of aromatic nitrogens is 2. The summed E-state index contributed by atoms with van der Waals surface area (Å²) >= 11 is 1.87. The molecule has 0 aliphatic heterocycles. The summed E-state index contributed by atoms with van der Waals surface area (Å²) in [4.78, 5) is 4.90. The number of fused-ring (bicyclic) bond motifs is 10. The van der Waals surface area contributed by atoms with Gasteiger partial charge in [0.15, 0.2) is 0 Å². The summed E-state index contributed by atoms with van der Waals surface area (Å²) in [6, 6.07) is 37.2. The maximum absolute atomic E-state index is 4.90. The van der Waals surface area contributed by atoms with Crippen LogP contribution in [0.5, 0.6) is 0 Å². The Hall–Kier alpha value is -4.21. The second-order valence-electron chi connectivity index (χ2n) is 8.80. The van der Waals surface area contributed by atoms with Gasteiger partial charge < -0.3 is 4.57 Å². The maximum Gasteiger partial charge on any atom is 0.0977 e. The lowest BCUT2D eigenvalue weighted by atomic mass is 10.00. The Morgan fingerprint density at radius 2 is 1.35 bits per heavy atom. The van der Waals surface area contributed by atoms with Gasteiger partial charge in [-0.1, -0.05) is 72.8 Å². The topological polar surface area (TPSA) is 17.8 Å². The van der Waals surface area contributed by atoms with E-state index >= 15 is 0 Å². The second kappa shape index (κ2) is 6.66. The average Bonchev–Trinajstić information content (AvgIpc) is 3.44. The fourth-order valence-electron chi connectivity index (χ4n) is 5.57. The monoisotopic (exact) mass is 450 g/mol. The number of pyridine rings is 1. The first-order valence-corrected chi connectivity index (χ1v) is 12.3. The smallest absolute Gasteiger partial charge is 0.0977 e. The van der Waals surface area contributed by atoms with Gasteiger partial charge in [-0.15, -0.1) is 11.3 Å². The molecule has 0 saturated heterocycles. The molecule has 0 bridgehead atoms. The van der Waals surface area contributed by atoms with E-state index in [-0.39, 0.29) is 0 Å². The van der Waals surface area contributed by atoms with Crippen molar-refractivity contribution in [1.82, 2.24) is 9.55 Å². The summed E-state index contributed by atoms with van der Waals surface area (Å²) in [7, 11) is 0. The van der Waals surface area contributed by atoms with Crippen LogP contribution in [-0.2, 0) is 0 Å². The van der Waals surface area contributed by atoms with Crippen LogP contribution in [0.1, 0.15) is 0 Å². The molecule has 2 nitrogen and oxygen atoms in total. The maximum atomic E-state index is 4.90. The van der Waals surface area contributed by atoms with Gasteiger partial charge in [0.05, 0.1) is 22.2 Å². The molecule has 0 amide bonds. The van der Waals surface area contributed by atoms with E-state index < -0.39 is 0 Å². The molecular weight excluding hydrogens is 432 g/mol. The van der Waals surface area contributed by atoms with Gasteiger partial charge in [-0.05, 0) is 46.5 Å². The van der Waals surface area contributed by atoms with Crippen molar-refractivity contribution in [3.8, 4) is 5.69 Å². The molecule has 8 aromatic rings. The highest BCUT2D eigenvalue weighted by Gasteiger charge is 2.19. The lowest BCUT2D eigenvalue weighted by molar-refractivity contribution is 1.20. The van der Waals surface area contributed by atoms with Gasteiger partial charge in [0.2, 0.25) is 0 Å². The first-order chi connectivity index (χ1) is 16.9. The Balaban J connectivity index is 1.62. The Kier molecular flexibility index (Phi) is 3.57. The van der Waals surface area contributed by atoms with Crippen molar-refractivity contribution in [2.45, 2.75) is 0 Å². The van der Waals surface area contributed by atoms with Crippen molar-refractivity contribution in [2.75, 3.05) is 0 Å². The van der Waals surface area contributed by atoms with Gasteiger partial charge in [-0.3, -0.25) is 4.98 Å². The van der Waals surface area contributed by atoms with Crippen LogP contribution in [0, 0.1) is 0 Å². The van der Waals surface area contributed by atoms with Crippen LogP contribution in [-0.4, -0.2) is 9.55 Å². The second-order valence-corrected chi connectivity index (χ2v) is 9.86. The minimum atomic E-state index is 1.06. The predicted octanol–water partition coefficient (Wildman–Crippen LogP) is 8.85. The molecule has 3 heteroatoms. The SMILES string of the molecule is c1ccc2c(c1)cc(-n1c3cccnc3c3c4sc5ccccc5c4ccc31)c1ccccc12. The van der Waals surface area contributed by atoms with Crippen molar-refractivity contribution >= 4 is 75.0 Å². The molecule has 0 unspecified atom stereocenters. The fourth-order valence-corrected chi connectivity index (χ4v) is 6.82. The van der Waals surface area contributed by atoms with Crippen LogP contribution in [0.3, 0.4) is 0 Å². The third-order valence-corrected chi connectivity index (χ3v) is 8.22. The number of hydrogen-bond acceptors (Lipinski definition) is 2. The summed E-state index contributed by atoms with van der Waals surface area (Å²) in [5.74, 6) is 0. The van der Waals surface area contributed by atoms with E-state index in [1.54, 1.807) is 0 Å². The summed E-state index contributed by atoms with van der Waals surface area (Å²) in [6.07, 6.45) is 1.91. The van der Waals surface area contributed by atoms with Crippen LogP contribution in [0.25, 0.3) is 69.3 Å². The van der Waals surface area contributed by atoms with Gasteiger partial charge in [0.25, 0.3) is 0 Å². The Morgan fingerprint density at radius 3 is 2.26 bits per heavy atom. The Bertz CT molecular complexity index is 2080. The average molecular weight is 451 g/mol. The number of thiophene rings is 1. The minimum absolute atomic E-state index is 1.06. The molecule has 0 aliphatic carbocycles. The highest BCUT2D eigenvalue weighted by Crippen LogP contribution is 2.43. The molecule has 0 N–H and O–H groups in total. The molecule has 3 heterocycles. The molecule has 158 valence electrons. The third kappa shape index (κ3) is 2.32. The van der Waals surface area contributed by atoms with Crippen LogP contribution < -0.4 is 0 Å².